The van der Waals surface area contributed by atoms with Crippen molar-refractivity contribution in [3.05, 3.63) is 28.0 Å². The highest BCUT2D eigenvalue weighted by atomic mass is 79.9. The molecular weight excluding hydrogens is 325 g/mol. The number of hydrogen-bond donors (Lipinski definition) is 2. The Kier molecular flexibility index (Phi) is 3.97. The predicted molar refractivity (Wildman–Crippen MR) is 71.4 cm³/mol. The molecule has 1 aromatic carbocycles. The van der Waals surface area contributed by atoms with E-state index in [0.29, 0.717) is 10.9 Å². The van der Waals surface area contributed by atoms with Crippen molar-refractivity contribution in [1.29, 1.82) is 0 Å². The summed E-state index contributed by atoms with van der Waals surface area (Å²) in [5.74, 6) is -0.445. The summed E-state index contributed by atoms with van der Waals surface area (Å²) in [6.45, 7) is 0. The van der Waals surface area contributed by atoms with Gasteiger partial charge in [0.25, 0.3) is 0 Å². The summed E-state index contributed by atoms with van der Waals surface area (Å²) in [5.41, 5.74) is 0.203. The fraction of sp³-hybridized carbons (Fsp3) is 0.100. The molecule has 1 saturated heterocycles. The van der Waals surface area contributed by atoms with E-state index in [4.69, 9.17) is 0 Å². The van der Waals surface area contributed by atoms with Crippen molar-refractivity contribution in [3.63, 3.8) is 0 Å². The molecular formula is C10H7BrFN3O2S. The summed E-state index contributed by atoms with van der Waals surface area (Å²) >= 11 is 4.18. The lowest BCUT2D eigenvalue weighted by molar-refractivity contribution is -0.116. The number of nitrogens with one attached hydrogen (secondary N) is 1. The number of nitrogens with zero attached hydrogens (tertiary/aromatic N) is 2. The quantitative estimate of drug-likeness (QED) is 0.641. The molecule has 2 rings (SSSR count). The van der Waals surface area contributed by atoms with Crippen LogP contribution in [-0.2, 0) is 4.79 Å². The molecule has 18 heavy (non-hydrogen) atoms. The third-order valence-electron chi connectivity index (χ3n) is 2.00. The average molecular weight is 332 g/mol. The molecule has 0 saturated carbocycles. The lowest BCUT2D eigenvalue weighted by atomic mass is 10.2. The van der Waals surface area contributed by atoms with Crippen LogP contribution in [0.2, 0.25) is 0 Å². The van der Waals surface area contributed by atoms with Gasteiger partial charge in [0.15, 0.2) is 5.17 Å². The van der Waals surface area contributed by atoms with E-state index >= 15 is 0 Å². The first-order valence-corrected chi connectivity index (χ1v) is 6.56. The Hall–Kier alpha value is -1.41. The molecule has 1 amide bonds. The van der Waals surface area contributed by atoms with E-state index in [1.165, 1.54) is 24.0 Å². The van der Waals surface area contributed by atoms with Gasteiger partial charge in [-0.3, -0.25) is 4.79 Å². The molecule has 0 spiro atoms. The van der Waals surface area contributed by atoms with Gasteiger partial charge in [-0.05, 0) is 28.1 Å². The van der Waals surface area contributed by atoms with E-state index in [9.17, 15) is 14.3 Å². The predicted octanol–water partition coefficient (Wildman–Crippen LogP) is 1.85. The Morgan fingerprint density at radius 1 is 1.56 bits per heavy atom. The van der Waals surface area contributed by atoms with Crippen LogP contribution in [0.1, 0.15) is 5.56 Å². The third-order valence-corrected chi connectivity index (χ3v) is 3.47. The Morgan fingerprint density at radius 3 is 3.00 bits per heavy atom. The largest absolute Gasteiger partial charge is 0.507 e. The summed E-state index contributed by atoms with van der Waals surface area (Å²) in [5, 5.41) is 19.8. The summed E-state index contributed by atoms with van der Waals surface area (Å²) in [4.78, 5) is 10.9. The summed E-state index contributed by atoms with van der Waals surface area (Å²) in [6, 6.07) is 2.36. The van der Waals surface area contributed by atoms with E-state index in [1.807, 2.05) is 0 Å². The minimum Gasteiger partial charge on any atom is -0.507 e. The van der Waals surface area contributed by atoms with Crippen LogP contribution in [0.4, 0.5) is 4.39 Å². The molecule has 1 aromatic rings. The van der Waals surface area contributed by atoms with Crippen LogP contribution in [0.25, 0.3) is 0 Å². The number of rotatable bonds is 2. The van der Waals surface area contributed by atoms with Crippen LogP contribution in [-0.4, -0.2) is 28.1 Å². The SMILES string of the molecule is O=C1CSC(=NN=Cc2cc(F)c(Br)cc2O)N1. The Balaban J connectivity index is 2.14. The Morgan fingerprint density at radius 2 is 2.33 bits per heavy atom. The monoisotopic (exact) mass is 331 g/mol. The smallest absolute Gasteiger partial charge is 0.236 e. The van der Waals surface area contributed by atoms with Gasteiger partial charge in [0.1, 0.15) is 11.6 Å². The van der Waals surface area contributed by atoms with Crippen molar-refractivity contribution in [2.45, 2.75) is 0 Å². The Bertz CT molecular complexity index is 562. The zero-order chi connectivity index (χ0) is 13.1. The number of phenols is 1. The number of aromatic hydroxyl groups is 1. The van der Waals surface area contributed by atoms with Gasteiger partial charge in [-0.25, -0.2) is 4.39 Å². The molecule has 0 aromatic heterocycles. The number of phenolic OH excluding ortho intramolecular Hbond substituents is 1. The average Bonchev–Trinajstić information content (AvgIpc) is 2.71. The molecule has 0 bridgehead atoms. The molecule has 0 aliphatic carbocycles. The molecule has 5 nitrogen and oxygen atoms in total. The van der Waals surface area contributed by atoms with Crippen LogP contribution in [0.3, 0.4) is 0 Å². The molecule has 1 heterocycles. The zero-order valence-corrected chi connectivity index (χ0v) is 11.3. The minimum atomic E-state index is -0.509. The molecule has 1 fully saturated rings. The second-order valence-electron chi connectivity index (χ2n) is 3.31. The van der Waals surface area contributed by atoms with Crippen molar-refractivity contribution in [2.24, 2.45) is 10.2 Å². The second kappa shape index (κ2) is 5.49. The first kappa shape index (κ1) is 13.0. The highest BCUT2D eigenvalue weighted by Gasteiger charge is 2.16. The van der Waals surface area contributed by atoms with Crippen LogP contribution >= 0.6 is 27.7 Å². The van der Waals surface area contributed by atoms with Crippen molar-refractivity contribution >= 4 is 45.0 Å². The lowest BCUT2D eigenvalue weighted by Gasteiger charge is -2.00. The van der Waals surface area contributed by atoms with Gasteiger partial charge in [-0.1, -0.05) is 11.8 Å². The molecule has 8 heteroatoms. The maximum atomic E-state index is 13.2. The van der Waals surface area contributed by atoms with Gasteiger partial charge in [-0.2, -0.15) is 5.10 Å². The van der Waals surface area contributed by atoms with Crippen molar-refractivity contribution in [1.82, 2.24) is 5.32 Å². The van der Waals surface area contributed by atoms with Gasteiger partial charge in [0.2, 0.25) is 5.91 Å². The van der Waals surface area contributed by atoms with Crippen LogP contribution in [0, 0.1) is 5.82 Å². The molecule has 94 valence electrons. The summed E-state index contributed by atoms with van der Waals surface area (Å²) in [7, 11) is 0. The first-order chi connectivity index (χ1) is 8.56. The second-order valence-corrected chi connectivity index (χ2v) is 5.13. The number of halogens is 2. The number of benzene rings is 1. The van der Waals surface area contributed by atoms with E-state index in [1.54, 1.807) is 0 Å². The van der Waals surface area contributed by atoms with Gasteiger partial charge in [0, 0.05) is 5.56 Å². The number of carbonyl (C=O) groups excluding carboxylic acids is 1. The third kappa shape index (κ3) is 3.08. The van der Waals surface area contributed by atoms with Crippen LogP contribution < -0.4 is 5.32 Å². The maximum Gasteiger partial charge on any atom is 0.236 e. The molecule has 0 unspecified atom stereocenters. The maximum absolute atomic E-state index is 13.2. The van der Waals surface area contributed by atoms with E-state index in [0.717, 1.165) is 6.07 Å². The molecule has 0 radical (unpaired) electrons. The van der Waals surface area contributed by atoms with Crippen molar-refractivity contribution < 1.29 is 14.3 Å². The summed E-state index contributed by atoms with van der Waals surface area (Å²) < 4.78 is 13.4. The van der Waals surface area contributed by atoms with Gasteiger partial charge < -0.3 is 10.4 Å². The molecule has 0 atom stereocenters. The highest BCUT2D eigenvalue weighted by Crippen LogP contribution is 2.24. The first-order valence-electron chi connectivity index (χ1n) is 4.78. The lowest BCUT2D eigenvalue weighted by Crippen LogP contribution is -2.19. The van der Waals surface area contributed by atoms with E-state index in [2.05, 4.69) is 31.4 Å². The van der Waals surface area contributed by atoms with Gasteiger partial charge in [-0.15, -0.1) is 5.10 Å². The van der Waals surface area contributed by atoms with Crippen molar-refractivity contribution in [3.8, 4) is 5.75 Å². The fourth-order valence-electron chi connectivity index (χ4n) is 1.18. The molecule has 1 aliphatic rings. The van der Waals surface area contributed by atoms with E-state index < -0.39 is 5.82 Å². The van der Waals surface area contributed by atoms with Gasteiger partial charge in [0.05, 0.1) is 16.4 Å². The number of carbonyl (C=O) groups is 1. The minimum absolute atomic E-state index is 0.115. The normalized spacial score (nSPS) is 17.7. The molecule has 2 N–H and O–H groups in total. The number of amides is 1. The highest BCUT2D eigenvalue weighted by molar-refractivity contribution is 9.10. The van der Waals surface area contributed by atoms with Crippen LogP contribution in [0.15, 0.2) is 26.8 Å². The standard InChI is InChI=1S/C10H7BrFN3O2S/c11-6-2-8(16)5(1-7(6)12)3-13-15-10-14-9(17)4-18-10/h1-3,16H,4H2,(H,14,15,17). The topological polar surface area (TPSA) is 74.0 Å². The van der Waals surface area contributed by atoms with Crippen molar-refractivity contribution in [2.75, 3.05) is 5.75 Å². The summed E-state index contributed by atoms with van der Waals surface area (Å²) in [6.07, 6.45) is 1.21. The number of amidine groups is 1. The molecule has 1 aliphatic heterocycles. The number of thioether (sulfide) groups is 1. The number of hydrogen-bond acceptors (Lipinski definition) is 5. The van der Waals surface area contributed by atoms with Gasteiger partial charge >= 0.3 is 0 Å². The zero-order valence-electron chi connectivity index (χ0n) is 8.85. The Labute approximate surface area is 114 Å². The van der Waals surface area contributed by atoms with Crippen LogP contribution in [0.5, 0.6) is 5.75 Å². The fourth-order valence-corrected chi connectivity index (χ4v) is 2.14. The van der Waals surface area contributed by atoms with E-state index in [-0.39, 0.29) is 21.7 Å².